The van der Waals surface area contributed by atoms with Gasteiger partial charge in [0, 0.05) is 17.3 Å². The molecule has 3 rings (SSSR count). The summed E-state index contributed by atoms with van der Waals surface area (Å²) in [7, 11) is 4.50. The molecule has 0 radical (unpaired) electrons. The summed E-state index contributed by atoms with van der Waals surface area (Å²) >= 11 is 0. The van der Waals surface area contributed by atoms with Crippen molar-refractivity contribution in [3.05, 3.63) is 47.5 Å². The van der Waals surface area contributed by atoms with E-state index in [-0.39, 0.29) is 12.3 Å². The van der Waals surface area contributed by atoms with Crippen molar-refractivity contribution in [2.45, 2.75) is 12.5 Å². The average molecular weight is 357 g/mol. The largest absolute Gasteiger partial charge is 0.497 e. The van der Waals surface area contributed by atoms with Gasteiger partial charge in [-0.3, -0.25) is 4.79 Å². The molecule has 1 atom stereocenters. The first-order valence-electron chi connectivity index (χ1n) is 7.97. The van der Waals surface area contributed by atoms with Crippen LogP contribution in [0.2, 0.25) is 0 Å². The van der Waals surface area contributed by atoms with Gasteiger partial charge in [0.25, 0.3) is 0 Å². The highest BCUT2D eigenvalue weighted by Crippen LogP contribution is 2.43. The van der Waals surface area contributed by atoms with Crippen LogP contribution in [0.3, 0.4) is 0 Å². The van der Waals surface area contributed by atoms with E-state index < -0.39 is 12.1 Å². The highest BCUT2D eigenvalue weighted by molar-refractivity contribution is 5.99. The number of cyclic esters (lactones) is 1. The second-order valence-corrected chi connectivity index (χ2v) is 5.64. The summed E-state index contributed by atoms with van der Waals surface area (Å²) in [4.78, 5) is 24.6. The summed E-state index contributed by atoms with van der Waals surface area (Å²) in [5.41, 5.74) is 1.51. The van der Waals surface area contributed by atoms with Gasteiger partial charge >= 0.3 is 5.97 Å². The minimum atomic E-state index is -0.678. The van der Waals surface area contributed by atoms with Crippen molar-refractivity contribution >= 4 is 17.6 Å². The molecule has 1 aliphatic rings. The zero-order valence-corrected chi connectivity index (χ0v) is 14.7. The molecule has 0 saturated carbocycles. The molecule has 1 unspecified atom stereocenters. The Morgan fingerprint density at radius 3 is 2.62 bits per heavy atom. The molecule has 0 fully saturated rings. The molecular formula is C19H19NO6. The first kappa shape index (κ1) is 17.6. The van der Waals surface area contributed by atoms with E-state index in [0.29, 0.717) is 34.1 Å². The maximum Gasteiger partial charge on any atom is 0.343 e. The predicted molar refractivity (Wildman–Crippen MR) is 93.9 cm³/mol. The quantitative estimate of drug-likeness (QED) is 0.801. The number of fused-ring (bicyclic) bond motifs is 1. The molecule has 26 heavy (non-hydrogen) atoms. The molecule has 0 saturated heterocycles. The van der Waals surface area contributed by atoms with Crippen molar-refractivity contribution < 1.29 is 28.5 Å². The van der Waals surface area contributed by atoms with Crippen LogP contribution in [0.5, 0.6) is 17.2 Å². The van der Waals surface area contributed by atoms with Crippen molar-refractivity contribution in [1.82, 2.24) is 0 Å². The summed E-state index contributed by atoms with van der Waals surface area (Å²) in [6.45, 7) is 0. The van der Waals surface area contributed by atoms with E-state index >= 15 is 0 Å². The van der Waals surface area contributed by atoms with Crippen LogP contribution < -0.4 is 19.5 Å². The third-order valence-corrected chi connectivity index (χ3v) is 4.10. The van der Waals surface area contributed by atoms with Gasteiger partial charge in [-0.2, -0.15) is 0 Å². The number of hydrogen-bond acceptors (Lipinski definition) is 6. The fraction of sp³-hybridized carbons (Fsp3) is 0.263. The molecule has 7 nitrogen and oxygen atoms in total. The number of benzene rings is 2. The van der Waals surface area contributed by atoms with Gasteiger partial charge in [0.05, 0.1) is 27.8 Å². The second kappa shape index (κ2) is 7.35. The molecule has 136 valence electrons. The van der Waals surface area contributed by atoms with Gasteiger partial charge in [0.15, 0.2) is 11.5 Å². The van der Waals surface area contributed by atoms with Crippen molar-refractivity contribution in [3.63, 3.8) is 0 Å². The molecule has 1 heterocycles. The lowest BCUT2D eigenvalue weighted by Gasteiger charge is -2.13. The minimum absolute atomic E-state index is 0.00850. The lowest BCUT2D eigenvalue weighted by atomic mass is 10.0. The van der Waals surface area contributed by atoms with Crippen LogP contribution in [-0.2, 0) is 9.53 Å². The summed E-state index contributed by atoms with van der Waals surface area (Å²) in [6.07, 6.45) is -0.686. The average Bonchev–Trinajstić information content (AvgIpc) is 2.96. The van der Waals surface area contributed by atoms with E-state index in [2.05, 4.69) is 5.32 Å². The Morgan fingerprint density at radius 1 is 1.12 bits per heavy atom. The Kier molecular flexibility index (Phi) is 4.97. The number of hydrogen-bond donors (Lipinski definition) is 1. The van der Waals surface area contributed by atoms with E-state index in [1.807, 2.05) is 0 Å². The number of methoxy groups -OCH3 is 3. The number of carbonyl (C=O) groups excluding carboxylic acids is 2. The molecule has 1 amide bonds. The van der Waals surface area contributed by atoms with Gasteiger partial charge in [0.1, 0.15) is 17.4 Å². The Morgan fingerprint density at radius 2 is 1.92 bits per heavy atom. The number of nitrogens with one attached hydrogen (secondary N) is 1. The molecule has 2 aromatic carbocycles. The zero-order valence-electron chi connectivity index (χ0n) is 14.7. The first-order valence-corrected chi connectivity index (χ1v) is 7.97. The summed E-state index contributed by atoms with van der Waals surface area (Å²) in [6, 6.07) is 10.4. The Balaban J connectivity index is 1.78. The lowest BCUT2D eigenvalue weighted by Crippen LogP contribution is -2.15. The summed E-state index contributed by atoms with van der Waals surface area (Å²) in [5, 5.41) is 2.77. The number of amides is 1. The maximum atomic E-state index is 12.4. The Bertz CT molecular complexity index is 848. The number of ether oxygens (including phenoxy) is 4. The number of rotatable bonds is 6. The van der Waals surface area contributed by atoms with Crippen LogP contribution in [0.25, 0.3) is 0 Å². The van der Waals surface area contributed by atoms with Crippen molar-refractivity contribution in [1.29, 1.82) is 0 Å². The summed E-state index contributed by atoms with van der Waals surface area (Å²) in [5.74, 6) is 0.571. The molecule has 0 spiro atoms. The van der Waals surface area contributed by atoms with Gasteiger partial charge in [-0.15, -0.1) is 0 Å². The molecule has 1 aliphatic heterocycles. The van der Waals surface area contributed by atoms with Crippen LogP contribution in [0.4, 0.5) is 5.69 Å². The molecule has 1 N–H and O–H groups in total. The highest BCUT2D eigenvalue weighted by Gasteiger charge is 2.36. The number of carbonyl (C=O) groups is 2. The zero-order chi connectivity index (χ0) is 18.7. The molecule has 0 bridgehead atoms. The lowest BCUT2D eigenvalue weighted by molar-refractivity contribution is -0.118. The molecule has 7 heteroatoms. The van der Waals surface area contributed by atoms with E-state index in [1.165, 1.54) is 14.2 Å². The van der Waals surface area contributed by atoms with Crippen LogP contribution in [0.15, 0.2) is 36.4 Å². The molecular weight excluding hydrogens is 338 g/mol. The smallest absolute Gasteiger partial charge is 0.343 e. The van der Waals surface area contributed by atoms with Crippen LogP contribution in [0.1, 0.15) is 28.4 Å². The Labute approximate surface area is 150 Å². The van der Waals surface area contributed by atoms with Crippen LogP contribution >= 0.6 is 0 Å². The first-order chi connectivity index (χ1) is 12.6. The van der Waals surface area contributed by atoms with E-state index in [0.717, 1.165) is 0 Å². The topological polar surface area (TPSA) is 83.1 Å². The van der Waals surface area contributed by atoms with Gasteiger partial charge < -0.3 is 24.3 Å². The van der Waals surface area contributed by atoms with Gasteiger partial charge in [-0.25, -0.2) is 4.79 Å². The standard InChI is InChI=1S/C19H19NO6/c1-23-12-6-4-5-11(9-12)20-16(21)10-15-13-7-8-14(24-2)18(25-3)17(13)19(22)26-15/h4-9,15H,10H2,1-3H3,(H,20,21). The fourth-order valence-electron chi connectivity index (χ4n) is 2.91. The van der Waals surface area contributed by atoms with Gasteiger partial charge in [0.2, 0.25) is 5.91 Å². The highest BCUT2D eigenvalue weighted by atomic mass is 16.6. The number of anilines is 1. The van der Waals surface area contributed by atoms with Gasteiger partial charge in [-0.1, -0.05) is 12.1 Å². The third-order valence-electron chi connectivity index (χ3n) is 4.10. The van der Waals surface area contributed by atoms with Gasteiger partial charge in [-0.05, 0) is 18.2 Å². The predicted octanol–water partition coefficient (Wildman–Crippen LogP) is 2.95. The molecule has 0 aromatic heterocycles. The van der Waals surface area contributed by atoms with Crippen LogP contribution in [0, 0.1) is 0 Å². The van der Waals surface area contributed by atoms with E-state index in [1.54, 1.807) is 43.5 Å². The van der Waals surface area contributed by atoms with E-state index in [9.17, 15) is 9.59 Å². The van der Waals surface area contributed by atoms with Crippen molar-refractivity contribution in [2.24, 2.45) is 0 Å². The SMILES string of the molecule is COc1cccc(NC(=O)CC2OC(=O)c3c2ccc(OC)c3OC)c1. The molecule has 2 aromatic rings. The Hall–Kier alpha value is -3.22. The second-order valence-electron chi connectivity index (χ2n) is 5.64. The maximum absolute atomic E-state index is 12.4. The number of esters is 1. The third kappa shape index (κ3) is 3.28. The molecule has 0 aliphatic carbocycles. The minimum Gasteiger partial charge on any atom is -0.497 e. The van der Waals surface area contributed by atoms with Crippen molar-refractivity contribution in [2.75, 3.05) is 26.6 Å². The van der Waals surface area contributed by atoms with E-state index in [4.69, 9.17) is 18.9 Å². The summed E-state index contributed by atoms with van der Waals surface area (Å²) < 4.78 is 21.0. The monoisotopic (exact) mass is 357 g/mol. The normalized spacial score (nSPS) is 15.0. The fourth-order valence-corrected chi connectivity index (χ4v) is 2.91. The van der Waals surface area contributed by atoms with Crippen molar-refractivity contribution in [3.8, 4) is 17.2 Å². The van der Waals surface area contributed by atoms with Crippen LogP contribution in [-0.4, -0.2) is 33.2 Å².